The standard InChI is InChI=1S/C16H25N3OS/c1-2-13-8-18-14(21-13)9-19-16(20)12-6-10-4-3-5-11(7-12)15(10)17/h8,10-12,15H,2-7,9,17H2,1H3,(H,19,20). The summed E-state index contributed by atoms with van der Waals surface area (Å²) in [7, 11) is 0. The zero-order valence-electron chi connectivity index (χ0n) is 12.7. The fraction of sp³-hybridized carbons (Fsp3) is 0.750. The molecule has 1 amide bonds. The summed E-state index contributed by atoms with van der Waals surface area (Å²) < 4.78 is 0. The third kappa shape index (κ3) is 3.29. The van der Waals surface area contributed by atoms with Crippen LogP contribution in [0.1, 0.15) is 48.9 Å². The van der Waals surface area contributed by atoms with Crippen molar-refractivity contribution in [3.05, 3.63) is 16.1 Å². The highest BCUT2D eigenvalue weighted by atomic mass is 32.1. The summed E-state index contributed by atoms with van der Waals surface area (Å²) in [5, 5.41) is 4.09. The first-order valence-electron chi connectivity index (χ1n) is 8.14. The second-order valence-corrected chi connectivity index (χ2v) is 7.69. The van der Waals surface area contributed by atoms with Gasteiger partial charge in [-0.25, -0.2) is 4.98 Å². The predicted octanol–water partition coefficient (Wildman–Crippen LogP) is 2.48. The smallest absolute Gasteiger partial charge is 0.223 e. The van der Waals surface area contributed by atoms with Gasteiger partial charge in [-0.15, -0.1) is 11.3 Å². The summed E-state index contributed by atoms with van der Waals surface area (Å²) >= 11 is 1.69. The van der Waals surface area contributed by atoms with Crippen molar-refractivity contribution in [2.75, 3.05) is 0 Å². The van der Waals surface area contributed by atoms with Crippen molar-refractivity contribution >= 4 is 17.2 Å². The fourth-order valence-electron chi connectivity index (χ4n) is 3.90. The molecule has 21 heavy (non-hydrogen) atoms. The van der Waals surface area contributed by atoms with Crippen molar-refractivity contribution in [1.29, 1.82) is 0 Å². The Kier molecular flexibility index (Phi) is 4.60. The Morgan fingerprint density at radius 1 is 1.43 bits per heavy atom. The minimum Gasteiger partial charge on any atom is -0.349 e. The molecule has 116 valence electrons. The molecule has 5 heteroatoms. The molecule has 2 aliphatic carbocycles. The quantitative estimate of drug-likeness (QED) is 0.898. The van der Waals surface area contributed by atoms with Crippen molar-refractivity contribution in [1.82, 2.24) is 10.3 Å². The molecule has 2 fully saturated rings. The van der Waals surface area contributed by atoms with Gasteiger partial charge in [0, 0.05) is 23.0 Å². The molecule has 0 radical (unpaired) electrons. The van der Waals surface area contributed by atoms with E-state index in [4.69, 9.17) is 5.73 Å². The van der Waals surface area contributed by atoms with Gasteiger partial charge in [0.25, 0.3) is 0 Å². The van der Waals surface area contributed by atoms with Crippen LogP contribution in [0.5, 0.6) is 0 Å². The molecule has 1 aromatic rings. The van der Waals surface area contributed by atoms with Gasteiger partial charge in [0.1, 0.15) is 5.01 Å². The first kappa shape index (κ1) is 15.0. The van der Waals surface area contributed by atoms with Crippen LogP contribution in [-0.2, 0) is 17.8 Å². The largest absolute Gasteiger partial charge is 0.349 e. The molecule has 0 aliphatic heterocycles. The number of nitrogens with two attached hydrogens (primary N) is 1. The van der Waals surface area contributed by atoms with Gasteiger partial charge in [-0.3, -0.25) is 4.79 Å². The number of aromatic nitrogens is 1. The van der Waals surface area contributed by atoms with E-state index in [1.165, 1.54) is 24.1 Å². The second-order valence-electron chi connectivity index (χ2n) is 6.49. The summed E-state index contributed by atoms with van der Waals surface area (Å²) in [4.78, 5) is 18.0. The van der Waals surface area contributed by atoms with E-state index in [0.29, 0.717) is 24.4 Å². The van der Waals surface area contributed by atoms with E-state index >= 15 is 0 Å². The zero-order chi connectivity index (χ0) is 14.8. The van der Waals surface area contributed by atoms with Crippen molar-refractivity contribution in [2.24, 2.45) is 23.5 Å². The van der Waals surface area contributed by atoms with Gasteiger partial charge in [0.05, 0.1) is 6.54 Å². The van der Waals surface area contributed by atoms with Crippen molar-refractivity contribution < 1.29 is 4.79 Å². The lowest BCUT2D eigenvalue weighted by atomic mass is 9.65. The summed E-state index contributed by atoms with van der Waals surface area (Å²) in [6.07, 6.45) is 8.56. The third-order valence-electron chi connectivity index (χ3n) is 5.15. The van der Waals surface area contributed by atoms with Crippen molar-refractivity contribution in [2.45, 2.75) is 58.0 Å². The average molecular weight is 307 g/mol. The van der Waals surface area contributed by atoms with Crippen LogP contribution in [0.4, 0.5) is 0 Å². The number of aryl methyl sites for hydroxylation is 1. The number of carbonyl (C=O) groups excluding carboxylic acids is 1. The molecule has 0 saturated heterocycles. The van der Waals surface area contributed by atoms with Crippen LogP contribution in [0.15, 0.2) is 6.20 Å². The van der Waals surface area contributed by atoms with E-state index in [-0.39, 0.29) is 11.8 Å². The number of hydrogen-bond acceptors (Lipinski definition) is 4. The number of nitrogens with zero attached hydrogens (tertiary/aromatic N) is 1. The first-order chi connectivity index (χ1) is 10.2. The Morgan fingerprint density at radius 2 is 2.14 bits per heavy atom. The van der Waals surface area contributed by atoms with E-state index < -0.39 is 0 Å². The monoisotopic (exact) mass is 307 g/mol. The number of hydrogen-bond donors (Lipinski definition) is 2. The molecule has 1 aromatic heterocycles. The topological polar surface area (TPSA) is 68.0 Å². The maximum atomic E-state index is 12.4. The molecule has 4 nitrogen and oxygen atoms in total. The van der Waals surface area contributed by atoms with Gasteiger partial charge < -0.3 is 11.1 Å². The molecular weight excluding hydrogens is 282 g/mol. The highest BCUT2D eigenvalue weighted by Crippen LogP contribution is 2.41. The molecule has 2 aliphatic rings. The SMILES string of the molecule is CCc1cnc(CNC(=O)C2CC3CCCC(C2)C3N)s1. The van der Waals surface area contributed by atoms with Gasteiger partial charge in [0.15, 0.2) is 0 Å². The van der Waals surface area contributed by atoms with E-state index in [0.717, 1.165) is 24.3 Å². The summed E-state index contributed by atoms with van der Waals surface area (Å²) in [6.45, 7) is 2.70. The molecule has 2 atom stereocenters. The lowest BCUT2D eigenvalue weighted by molar-refractivity contribution is -0.128. The van der Waals surface area contributed by atoms with Gasteiger partial charge in [-0.1, -0.05) is 13.3 Å². The number of thiazole rings is 1. The van der Waals surface area contributed by atoms with E-state index in [1.54, 1.807) is 11.3 Å². The van der Waals surface area contributed by atoms with Crippen LogP contribution in [0.2, 0.25) is 0 Å². The van der Waals surface area contributed by atoms with E-state index in [1.807, 2.05) is 6.20 Å². The average Bonchev–Trinajstić information content (AvgIpc) is 2.92. The van der Waals surface area contributed by atoms with Crippen LogP contribution in [0.3, 0.4) is 0 Å². The number of nitrogens with one attached hydrogen (secondary N) is 1. The number of rotatable bonds is 4. The van der Waals surface area contributed by atoms with Crippen LogP contribution in [-0.4, -0.2) is 16.9 Å². The predicted molar refractivity (Wildman–Crippen MR) is 84.9 cm³/mol. The maximum absolute atomic E-state index is 12.4. The molecule has 0 spiro atoms. The van der Waals surface area contributed by atoms with Crippen molar-refractivity contribution in [3.8, 4) is 0 Å². The van der Waals surface area contributed by atoms with Crippen LogP contribution < -0.4 is 11.1 Å². The molecule has 3 rings (SSSR count). The fourth-order valence-corrected chi connectivity index (χ4v) is 4.71. The van der Waals surface area contributed by atoms with Crippen molar-refractivity contribution in [3.63, 3.8) is 0 Å². The maximum Gasteiger partial charge on any atom is 0.223 e. The van der Waals surface area contributed by atoms with Gasteiger partial charge in [0.2, 0.25) is 5.91 Å². The van der Waals surface area contributed by atoms with E-state index in [9.17, 15) is 4.79 Å². The van der Waals surface area contributed by atoms with Gasteiger partial charge >= 0.3 is 0 Å². The summed E-state index contributed by atoms with van der Waals surface area (Å²) in [5.74, 6) is 1.47. The third-order valence-corrected chi connectivity index (χ3v) is 6.29. The number of fused-ring (bicyclic) bond motifs is 2. The molecule has 2 bridgehead atoms. The molecule has 0 aromatic carbocycles. The minimum absolute atomic E-state index is 0.158. The van der Waals surface area contributed by atoms with Gasteiger partial charge in [-0.2, -0.15) is 0 Å². The highest BCUT2D eigenvalue weighted by Gasteiger charge is 2.40. The van der Waals surface area contributed by atoms with Crippen LogP contribution in [0, 0.1) is 17.8 Å². The first-order valence-corrected chi connectivity index (χ1v) is 8.96. The Hall–Kier alpha value is -0.940. The highest BCUT2D eigenvalue weighted by molar-refractivity contribution is 7.11. The number of amides is 1. The second kappa shape index (κ2) is 6.44. The molecule has 2 unspecified atom stereocenters. The lowest BCUT2D eigenvalue weighted by Gasteiger charge is -2.43. The normalized spacial score (nSPS) is 31.9. The Balaban J connectivity index is 1.53. The Morgan fingerprint density at radius 3 is 2.76 bits per heavy atom. The number of carbonyl (C=O) groups is 1. The van der Waals surface area contributed by atoms with Crippen LogP contribution in [0.25, 0.3) is 0 Å². The molecule has 2 saturated carbocycles. The molecular formula is C16H25N3OS. The van der Waals surface area contributed by atoms with E-state index in [2.05, 4.69) is 17.2 Å². The zero-order valence-corrected chi connectivity index (χ0v) is 13.5. The summed E-state index contributed by atoms with van der Waals surface area (Å²) in [6, 6.07) is 0.328. The lowest BCUT2D eigenvalue weighted by Crippen LogP contribution is -2.49. The van der Waals surface area contributed by atoms with Gasteiger partial charge in [-0.05, 0) is 43.9 Å². The molecule has 1 heterocycles. The Bertz CT molecular complexity index is 487. The summed E-state index contributed by atoms with van der Waals surface area (Å²) in [5.41, 5.74) is 6.29. The molecule has 3 N–H and O–H groups in total. The van der Waals surface area contributed by atoms with Crippen LogP contribution >= 0.6 is 11.3 Å². The minimum atomic E-state index is 0.158. The Labute approximate surface area is 130 Å².